The van der Waals surface area contributed by atoms with Crippen LogP contribution in [-0.4, -0.2) is 61.9 Å². The van der Waals surface area contributed by atoms with Crippen LogP contribution in [0, 0.1) is 0 Å². The predicted molar refractivity (Wildman–Crippen MR) is 60.1 cm³/mol. The maximum Gasteiger partial charge on any atom is 0.422 e. The summed E-state index contributed by atoms with van der Waals surface area (Å²) >= 11 is 1.32. The summed E-state index contributed by atoms with van der Waals surface area (Å²) in [6, 6.07) is 0. The topological polar surface area (TPSA) is 63.7 Å². The predicted octanol–water partition coefficient (Wildman–Crippen LogP) is 1.10. The largest absolute Gasteiger partial charge is 0.440 e. The number of nitrogens with zero attached hydrogens (tertiary/aromatic N) is 1. The number of rotatable bonds is 2. The third-order valence-corrected chi connectivity index (χ3v) is 4.82. The first-order valence-corrected chi connectivity index (χ1v) is 7.99. The first-order valence-electron chi connectivity index (χ1n) is 4.88. The van der Waals surface area contributed by atoms with Gasteiger partial charge in [-0.25, -0.2) is 13.2 Å². The van der Waals surface area contributed by atoms with E-state index in [1.165, 1.54) is 11.8 Å². The van der Waals surface area contributed by atoms with Crippen molar-refractivity contribution >= 4 is 27.7 Å². The van der Waals surface area contributed by atoms with Crippen molar-refractivity contribution in [2.24, 2.45) is 0 Å². The van der Waals surface area contributed by atoms with Crippen LogP contribution >= 0.6 is 11.8 Å². The van der Waals surface area contributed by atoms with E-state index in [9.17, 15) is 26.4 Å². The zero-order chi connectivity index (χ0) is 14.0. The molecule has 1 heterocycles. The van der Waals surface area contributed by atoms with Crippen LogP contribution in [-0.2, 0) is 14.6 Å². The Hall–Kier alpha value is -0.640. The van der Waals surface area contributed by atoms with E-state index in [4.69, 9.17) is 0 Å². The van der Waals surface area contributed by atoms with Gasteiger partial charge < -0.3 is 4.74 Å². The highest BCUT2D eigenvalue weighted by atomic mass is 32.2. The van der Waals surface area contributed by atoms with Crippen LogP contribution in [0.2, 0.25) is 0 Å². The van der Waals surface area contributed by atoms with E-state index in [-0.39, 0.29) is 12.3 Å². The van der Waals surface area contributed by atoms with Gasteiger partial charge in [-0.1, -0.05) is 0 Å². The molecule has 0 radical (unpaired) electrons. The minimum absolute atomic E-state index is 0.0547. The van der Waals surface area contributed by atoms with Crippen molar-refractivity contribution in [3.8, 4) is 0 Å². The lowest BCUT2D eigenvalue weighted by Gasteiger charge is -2.33. The lowest BCUT2D eigenvalue weighted by atomic mass is 10.5. The summed E-state index contributed by atoms with van der Waals surface area (Å²) < 4.78 is 62.6. The first kappa shape index (κ1) is 15.4. The minimum atomic E-state index is -4.62. The fourth-order valence-corrected chi connectivity index (χ4v) is 4.18. The quantitative estimate of drug-likeness (QED) is 0.764. The molecule has 5 nitrogen and oxygen atoms in total. The third-order valence-electron chi connectivity index (χ3n) is 2.17. The third kappa shape index (κ3) is 4.56. The van der Waals surface area contributed by atoms with Gasteiger partial charge in [0.15, 0.2) is 16.4 Å². The second-order valence-corrected chi connectivity index (χ2v) is 7.08. The van der Waals surface area contributed by atoms with Crippen LogP contribution in [0.25, 0.3) is 0 Å². The molecule has 0 aliphatic carbocycles. The van der Waals surface area contributed by atoms with Crippen LogP contribution in [0.1, 0.15) is 0 Å². The van der Waals surface area contributed by atoms with Gasteiger partial charge >= 0.3 is 12.3 Å². The highest BCUT2D eigenvalue weighted by Gasteiger charge is 2.37. The van der Waals surface area contributed by atoms with Gasteiger partial charge in [0, 0.05) is 24.3 Å². The van der Waals surface area contributed by atoms with E-state index in [2.05, 4.69) is 4.74 Å². The van der Waals surface area contributed by atoms with Gasteiger partial charge in [-0.05, 0) is 0 Å². The standard InChI is InChI=1S/C8H12F3NO4S2/c1-18(14,15)6-4-17-3-2-12(6)7(13)16-5-8(9,10)11/h6H,2-5H2,1H3. The lowest BCUT2D eigenvalue weighted by Crippen LogP contribution is -2.50. The maximum absolute atomic E-state index is 11.9. The summed E-state index contributed by atoms with van der Waals surface area (Å²) in [7, 11) is -3.55. The zero-order valence-corrected chi connectivity index (χ0v) is 11.1. The number of sulfone groups is 1. The number of hydrogen-bond acceptors (Lipinski definition) is 5. The fraction of sp³-hybridized carbons (Fsp3) is 0.875. The van der Waals surface area contributed by atoms with Crippen molar-refractivity contribution in [3.05, 3.63) is 0 Å². The maximum atomic E-state index is 11.9. The Morgan fingerprint density at radius 1 is 1.50 bits per heavy atom. The molecule has 1 fully saturated rings. The number of thioether (sulfide) groups is 1. The molecular formula is C8H12F3NO4S2. The average Bonchev–Trinajstić information content (AvgIpc) is 2.24. The Labute approximate surface area is 107 Å². The van der Waals surface area contributed by atoms with Crippen LogP contribution in [0.5, 0.6) is 0 Å². The Kier molecular flexibility index (Phi) is 4.76. The molecule has 1 rings (SSSR count). The number of ether oxygens (including phenoxy) is 1. The Morgan fingerprint density at radius 2 is 2.11 bits per heavy atom. The molecule has 10 heteroatoms. The number of hydrogen-bond donors (Lipinski definition) is 0. The van der Waals surface area contributed by atoms with Crippen molar-refractivity contribution in [2.45, 2.75) is 11.6 Å². The Morgan fingerprint density at radius 3 is 2.61 bits per heavy atom. The molecule has 1 saturated heterocycles. The van der Waals surface area contributed by atoms with Gasteiger partial charge in [0.25, 0.3) is 0 Å². The van der Waals surface area contributed by atoms with Crippen molar-refractivity contribution in [1.29, 1.82) is 0 Å². The fourth-order valence-electron chi connectivity index (χ4n) is 1.37. The van der Waals surface area contributed by atoms with Gasteiger partial charge in [-0.3, -0.25) is 4.90 Å². The summed E-state index contributed by atoms with van der Waals surface area (Å²) in [5.41, 5.74) is 0. The van der Waals surface area contributed by atoms with Gasteiger partial charge in [0.2, 0.25) is 0 Å². The molecule has 1 atom stereocenters. The highest BCUT2D eigenvalue weighted by molar-refractivity contribution is 8.00. The molecule has 0 aromatic rings. The van der Waals surface area contributed by atoms with Crippen molar-refractivity contribution in [1.82, 2.24) is 4.90 Å². The molecule has 0 saturated carbocycles. The van der Waals surface area contributed by atoms with Crippen molar-refractivity contribution in [3.63, 3.8) is 0 Å². The van der Waals surface area contributed by atoms with E-state index in [0.29, 0.717) is 5.75 Å². The molecule has 18 heavy (non-hydrogen) atoms. The monoisotopic (exact) mass is 307 g/mol. The highest BCUT2D eigenvalue weighted by Crippen LogP contribution is 2.22. The van der Waals surface area contributed by atoms with E-state index >= 15 is 0 Å². The van der Waals surface area contributed by atoms with Crippen LogP contribution in [0.15, 0.2) is 0 Å². The van der Waals surface area contributed by atoms with Gasteiger partial charge in [0.1, 0.15) is 5.37 Å². The molecule has 0 aromatic carbocycles. The molecular weight excluding hydrogens is 295 g/mol. The van der Waals surface area contributed by atoms with Gasteiger partial charge in [0.05, 0.1) is 0 Å². The molecule has 1 unspecified atom stereocenters. The number of halogens is 3. The van der Waals surface area contributed by atoms with Gasteiger partial charge in [-0.15, -0.1) is 0 Å². The normalized spacial score (nSPS) is 21.8. The van der Waals surface area contributed by atoms with Crippen molar-refractivity contribution in [2.75, 3.05) is 30.9 Å². The van der Waals surface area contributed by atoms with Crippen molar-refractivity contribution < 1.29 is 31.1 Å². The SMILES string of the molecule is CS(=O)(=O)C1CSCCN1C(=O)OCC(F)(F)F. The molecule has 106 valence electrons. The Balaban J connectivity index is 2.70. The van der Waals surface area contributed by atoms with Crippen LogP contribution in [0.4, 0.5) is 18.0 Å². The van der Waals surface area contributed by atoms with E-state index in [0.717, 1.165) is 11.2 Å². The lowest BCUT2D eigenvalue weighted by molar-refractivity contribution is -0.162. The molecule has 0 N–H and O–H groups in total. The smallest absolute Gasteiger partial charge is 0.422 e. The van der Waals surface area contributed by atoms with E-state index in [1.807, 2.05) is 0 Å². The zero-order valence-electron chi connectivity index (χ0n) is 9.44. The Bertz CT molecular complexity index is 409. The van der Waals surface area contributed by atoms with Crippen LogP contribution in [0.3, 0.4) is 0 Å². The second-order valence-electron chi connectivity index (χ2n) is 3.72. The molecule has 0 bridgehead atoms. The number of carbonyl (C=O) groups excluding carboxylic acids is 1. The van der Waals surface area contributed by atoms with Crippen LogP contribution < -0.4 is 0 Å². The minimum Gasteiger partial charge on any atom is -0.440 e. The summed E-state index contributed by atoms with van der Waals surface area (Å²) in [5.74, 6) is 0.604. The number of carbonyl (C=O) groups is 1. The van der Waals surface area contributed by atoms with E-state index < -0.39 is 34.1 Å². The summed E-state index contributed by atoms with van der Waals surface area (Å²) in [5, 5.41) is -1.13. The summed E-state index contributed by atoms with van der Waals surface area (Å²) in [4.78, 5) is 12.3. The van der Waals surface area contributed by atoms with E-state index in [1.54, 1.807) is 0 Å². The second kappa shape index (κ2) is 5.55. The first-order chi connectivity index (χ1) is 8.11. The molecule has 0 aromatic heterocycles. The molecule has 1 amide bonds. The number of amides is 1. The number of alkyl halides is 3. The average molecular weight is 307 g/mol. The van der Waals surface area contributed by atoms with Gasteiger partial charge in [-0.2, -0.15) is 24.9 Å². The molecule has 1 aliphatic rings. The summed E-state index contributed by atoms with van der Waals surface area (Å²) in [6.45, 7) is -1.66. The molecule has 0 spiro atoms. The molecule has 1 aliphatic heterocycles. The summed E-state index contributed by atoms with van der Waals surface area (Å²) in [6.07, 6.45) is -4.93.